The second-order valence-electron chi connectivity index (χ2n) is 8.16. The molecule has 3 saturated heterocycles. The SMILES string of the molecule is CCNC(=NCc1ccc(S(=O)(=O)N2CCCCC2)cc1)NC1CC2CCC1O2.I. The Labute approximate surface area is 197 Å². The summed E-state index contributed by atoms with van der Waals surface area (Å²) in [5, 5.41) is 6.81. The molecule has 3 aliphatic heterocycles. The molecule has 7 nitrogen and oxygen atoms in total. The van der Waals surface area contributed by atoms with Crippen LogP contribution in [0.4, 0.5) is 0 Å². The number of sulfonamides is 1. The zero-order chi connectivity index (χ0) is 20.3. The number of guanidine groups is 1. The van der Waals surface area contributed by atoms with Crippen LogP contribution >= 0.6 is 24.0 Å². The lowest BCUT2D eigenvalue weighted by Gasteiger charge is -2.25. The summed E-state index contributed by atoms with van der Waals surface area (Å²) in [4.78, 5) is 5.06. The topological polar surface area (TPSA) is 83.0 Å². The minimum Gasteiger partial charge on any atom is -0.373 e. The first-order chi connectivity index (χ1) is 14.1. The summed E-state index contributed by atoms with van der Waals surface area (Å²) in [5.41, 5.74) is 0.990. The van der Waals surface area contributed by atoms with E-state index in [0.717, 1.165) is 50.2 Å². The molecule has 0 aliphatic carbocycles. The number of nitrogens with zero attached hydrogens (tertiary/aromatic N) is 2. The van der Waals surface area contributed by atoms with E-state index in [1.54, 1.807) is 16.4 Å². The van der Waals surface area contributed by atoms with Crippen LogP contribution in [0, 0.1) is 0 Å². The summed E-state index contributed by atoms with van der Waals surface area (Å²) in [6, 6.07) is 7.47. The molecule has 4 rings (SSSR count). The normalized spacial score (nSPS) is 27.0. The van der Waals surface area contributed by atoms with Crippen LogP contribution in [0.2, 0.25) is 0 Å². The molecule has 0 spiro atoms. The van der Waals surface area contributed by atoms with Crippen LogP contribution in [0.5, 0.6) is 0 Å². The summed E-state index contributed by atoms with van der Waals surface area (Å²) in [6.45, 7) is 4.59. The molecule has 0 radical (unpaired) electrons. The van der Waals surface area contributed by atoms with Crippen molar-refractivity contribution < 1.29 is 13.2 Å². The highest BCUT2D eigenvalue weighted by atomic mass is 127. The van der Waals surface area contributed by atoms with E-state index in [0.29, 0.717) is 42.8 Å². The number of benzene rings is 1. The van der Waals surface area contributed by atoms with Crippen LogP contribution in [0.3, 0.4) is 0 Å². The summed E-state index contributed by atoms with van der Waals surface area (Å²) < 4.78 is 33.1. The van der Waals surface area contributed by atoms with Gasteiger partial charge in [0.1, 0.15) is 0 Å². The fourth-order valence-corrected chi connectivity index (χ4v) is 5.99. The maximum atomic E-state index is 12.8. The third-order valence-electron chi connectivity index (χ3n) is 6.07. The highest BCUT2D eigenvalue weighted by Crippen LogP contribution is 2.34. The second kappa shape index (κ2) is 10.6. The van der Waals surface area contributed by atoms with Gasteiger partial charge >= 0.3 is 0 Å². The number of nitrogens with one attached hydrogen (secondary N) is 2. The van der Waals surface area contributed by atoms with Crippen molar-refractivity contribution in [1.82, 2.24) is 14.9 Å². The standard InChI is InChI=1S/C21H32N4O3S.HI/c1-2-22-21(24-19-14-17-8-11-20(19)28-17)23-15-16-6-9-18(10-7-16)29(26,27)25-12-4-3-5-13-25;/h6-7,9-10,17,19-20H,2-5,8,11-15H2,1H3,(H2,22,23,24);1H. The Morgan fingerprint density at radius 3 is 2.50 bits per heavy atom. The molecule has 9 heteroatoms. The van der Waals surface area contributed by atoms with Crippen molar-refractivity contribution in [3.8, 4) is 0 Å². The van der Waals surface area contributed by atoms with E-state index in [1.807, 2.05) is 12.1 Å². The number of rotatable bonds is 6. The molecule has 2 N–H and O–H groups in total. The lowest BCUT2D eigenvalue weighted by molar-refractivity contribution is 0.0992. The largest absolute Gasteiger partial charge is 0.373 e. The van der Waals surface area contributed by atoms with Gasteiger partial charge in [0.15, 0.2) is 5.96 Å². The van der Waals surface area contributed by atoms with E-state index in [9.17, 15) is 8.42 Å². The molecule has 0 saturated carbocycles. The molecule has 3 heterocycles. The van der Waals surface area contributed by atoms with Crippen LogP contribution in [0.15, 0.2) is 34.2 Å². The Morgan fingerprint density at radius 1 is 1.17 bits per heavy atom. The van der Waals surface area contributed by atoms with Crippen LogP contribution in [0.25, 0.3) is 0 Å². The predicted molar refractivity (Wildman–Crippen MR) is 129 cm³/mol. The van der Waals surface area contributed by atoms with Gasteiger partial charge in [0.05, 0.1) is 29.7 Å². The third-order valence-corrected chi connectivity index (χ3v) is 7.98. The van der Waals surface area contributed by atoms with E-state index in [-0.39, 0.29) is 24.0 Å². The molecule has 3 fully saturated rings. The van der Waals surface area contributed by atoms with E-state index in [1.165, 1.54) is 6.42 Å². The fraction of sp³-hybridized carbons (Fsp3) is 0.667. The van der Waals surface area contributed by atoms with Gasteiger partial charge < -0.3 is 15.4 Å². The first-order valence-corrected chi connectivity index (χ1v) is 12.3. The van der Waals surface area contributed by atoms with Gasteiger partial charge in [0.25, 0.3) is 0 Å². The molecule has 3 atom stereocenters. The Bertz CT molecular complexity index is 825. The van der Waals surface area contributed by atoms with E-state index >= 15 is 0 Å². The minimum absolute atomic E-state index is 0. The van der Waals surface area contributed by atoms with Gasteiger partial charge in [-0.05, 0) is 56.7 Å². The van der Waals surface area contributed by atoms with E-state index in [2.05, 4.69) is 17.6 Å². The van der Waals surface area contributed by atoms with Crippen molar-refractivity contribution in [3.63, 3.8) is 0 Å². The van der Waals surface area contributed by atoms with Gasteiger partial charge in [0.2, 0.25) is 10.0 Å². The van der Waals surface area contributed by atoms with Gasteiger partial charge in [-0.2, -0.15) is 4.31 Å². The van der Waals surface area contributed by atoms with Gasteiger partial charge in [0, 0.05) is 19.6 Å². The maximum absolute atomic E-state index is 12.8. The molecule has 30 heavy (non-hydrogen) atoms. The zero-order valence-corrected chi connectivity index (χ0v) is 20.7. The second-order valence-corrected chi connectivity index (χ2v) is 10.1. The van der Waals surface area contributed by atoms with Crippen LogP contribution in [0.1, 0.15) is 51.0 Å². The van der Waals surface area contributed by atoms with Crippen molar-refractivity contribution in [1.29, 1.82) is 0 Å². The first kappa shape index (κ1) is 23.7. The van der Waals surface area contributed by atoms with E-state index in [4.69, 9.17) is 9.73 Å². The third kappa shape index (κ3) is 5.46. The monoisotopic (exact) mass is 548 g/mol. The number of hydrogen-bond acceptors (Lipinski definition) is 4. The Kier molecular flexibility index (Phi) is 8.39. The maximum Gasteiger partial charge on any atom is 0.243 e. The highest BCUT2D eigenvalue weighted by molar-refractivity contribution is 14.0. The molecule has 0 aromatic heterocycles. The molecule has 1 aromatic rings. The molecule has 2 bridgehead atoms. The number of hydrogen-bond donors (Lipinski definition) is 2. The molecular weight excluding hydrogens is 515 g/mol. The van der Waals surface area contributed by atoms with Crippen molar-refractivity contribution in [3.05, 3.63) is 29.8 Å². The molecule has 168 valence electrons. The number of fused-ring (bicyclic) bond motifs is 2. The molecular formula is C21H33IN4O3S. The van der Waals surface area contributed by atoms with Crippen LogP contribution in [-0.4, -0.2) is 56.6 Å². The number of ether oxygens (including phenoxy) is 1. The summed E-state index contributed by atoms with van der Waals surface area (Å²) in [7, 11) is -3.38. The van der Waals surface area contributed by atoms with Gasteiger partial charge in [-0.15, -0.1) is 24.0 Å². The Balaban J connectivity index is 0.00000256. The average Bonchev–Trinajstić information content (AvgIpc) is 3.36. The number of aliphatic imine (C=N–C) groups is 1. The van der Waals surface area contributed by atoms with Gasteiger partial charge in [-0.1, -0.05) is 18.6 Å². The fourth-order valence-electron chi connectivity index (χ4n) is 4.48. The average molecular weight is 548 g/mol. The van der Waals surface area contributed by atoms with Crippen molar-refractivity contribution in [2.45, 2.75) is 75.1 Å². The Hall–Kier alpha value is -0.910. The first-order valence-electron chi connectivity index (χ1n) is 10.9. The van der Waals surface area contributed by atoms with Crippen LogP contribution in [-0.2, 0) is 21.3 Å². The zero-order valence-electron chi connectivity index (χ0n) is 17.5. The molecule has 3 unspecified atom stereocenters. The number of halogens is 1. The molecule has 0 amide bonds. The lowest BCUT2D eigenvalue weighted by atomic mass is 9.96. The number of piperidine rings is 1. The molecule has 1 aromatic carbocycles. The predicted octanol–water partition coefficient (Wildman–Crippen LogP) is 2.85. The molecule has 3 aliphatic rings. The summed E-state index contributed by atoms with van der Waals surface area (Å²) >= 11 is 0. The smallest absolute Gasteiger partial charge is 0.243 e. The van der Waals surface area contributed by atoms with Gasteiger partial charge in [-0.3, -0.25) is 0 Å². The Morgan fingerprint density at radius 2 is 1.90 bits per heavy atom. The van der Waals surface area contributed by atoms with Crippen molar-refractivity contribution in [2.24, 2.45) is 4.99 Å². The quantitative estimate of drug-likeness (QED) is 0.325. The summed E-state index contributed by atoms with van der Waals surface area (Å²) in [6.07, 6.45) is 7.02. The van der Waals surface area contributed by atoms with Crippen molar-refractivity contribution >= 4 is 40.0 Å². The lowest BCUT2D eigenvalue weighted by Crippen LogP contribution is -2.47. The van der Waals surface area contributed by atoms with Crippen LogP contribution < -0.4 is 10.6 Å². The summed E-state index contributed by atoms with van der Waals surface area (Å²) in [5.74, 6) is 0.790. The van der Waals surface area contributed by atoms with E-state index < -0.39 is 10.0 Å². The van der Waals surface area contributed by atoms with Gasteiger partial charge in [-0.25, -0.2) is 13.4 Å². The minimum atomic E-state index is -3.38. The highest BCUT2D eigenvalue weighted by Gasteiger charge is 2.41. The van der Waals surface area contributed by atoms with Crippen molar-refractivity contribution in [2.75, 3.05) is 19.6 Å².